The fourth-order valence-electron chi connectivity index (χ4n) is 0.854. The molecular formula is C6H12O3S. The molecule has 4 heteroatoms. The van der Waals surface area contributed by atoms with Gasteiger partial charge in [0.15, 0.2) is 0 Å². The van der Waals surface area contributed by atoms with Gasteiger partial charge in [-0.3, -0.25) is 8.37 Å². The van der Waals surface area contributed by atoms with Gasteiger partial charge < -0.3 is 0 Å². The zero-order valence-corrected chi connectivity index (χ0v) is 7.02. The topological polar surface area (TPSA) is 35.5 Å². The van der Waals surface area contributed by atoms with Gasteiger partial charge in [0, 0.05) is 6.42 Å². The van der Waals surface area contributed by atoms with E-state index >= 15 is 0 Å². The van der Waals surface area contributed by atoms with Crippen molar-refractivity contribution in [3.63, 3.8) is 0 Å². The van der Waals surface area contributed by atoms with E-state index in [-0.39, 0.29) is 6.10 Å². The van der Waals surface area contributed by atoms with E-state index in [0.717, 1.165) is 6.42 Å². The van der Waals surface area contributed by atoms with Gasteiger partial charge >= 0.3 is 11.4 Å². The van der Waals surface area contributed by atoms with Crippen LogP contribution in [0.4, 0.5) is 0 Å². The van der Waals surface area contributed by atoms with Crippen molar-refractivity contribution in [1.29, 1.82) is 0 Å². The first-order valence-corrected chi connectivity index (χ1v) is 4.42. The van der Waals surface area contributed by atoms with Gasteiger partial charge in [-0.05, 0) is 5.92 Å². The van der Waals surface area contributed by atoms with Crippen molar-refractivity contribution in [3.05, 3.63) is 0 Å². The maximum Gasteiger partial charge on any atom is 0.304 e. The molecule has 60 valence electrons. The normalized spacial score (nSPS) is 34.7. The summed E-state index contributed by atoms with van der Waals surface area (Å²) in [5.41, 5.74) is 0. The van der Waals surface area contributed by atoms with E-state index < -0.39 is 11.4 Å². The Morgan fingerprint density at radius 1 is 1.60 bits per heavy atom. The maximum absolute atomic E-state index is 10.6. The second-order valence-corrected chi connectivity index (χ2v) is 3.53. The monoisotopic (exact) mass is 164 g/mol. The first kappa shape index (κ1) is 8.17. The van der Waals surface area contributed by atoms with E-state index in [1.807, 2.05) is 13.8 Å². The molecule has 0 amide bonds. The highest BCUT2D eigenvalue weighted by molar-refractivity contribution is 7.75. The minimum Gasteiger partial charge on any atom is -0.268 e. The lowest BCUT2D eigenvalue weighted by atomic mass is 10.1. The standard InChI is InChI=1S/C6H12O3S/c1-5(2)6-3-4-8-10(7)9-6/h5-6H,3-4H2,1-2H3/t6-,10-/m0/s1. The second kappa shape index (κ2) is 3.46. The van der Waals surface area contributed by atoms with Gasteiger partial charge in [-0.25, -0.2) is 0 Å². The molecule has 10 heavy (non-hydrogen) atoms. The van der Waals surface area contributed by atoms with Crippen LogP contribution in [0.2, 0.25) is 0 Å². The first-order chi connectivity index (χ1) is 4.70. The minimum atomic E-state index is -1.49. The molecule has 1 fully saturated rings. The average Bonchev–Trinajstić information content (AvgIpc) is 1.88. The highest BCUT2D eigenvalue weighted by Crippen LogP contribution is 2.17. The largest absolute Gasteiger partial charge is 0.304 e. The summed E-state index contributed by atoms with van der Waals surface area (Å²) in [7, 11) is 0. The van der Waals surface area contributed by atoms with E-state index in [2.05, 4.69) is 0 Å². The molecule has 0 N–H and O–H groups in total. The molecule has 0 unspecified atom stereocenters. The molecule has 3 nitrogen and oxygen atoms in total. The summed E-state index contributed by atoms with van der Waals surface area (Å²) in [5.74, 6) is 0.424. The molecule has 1 heterocycles. The molecule has 2 atom stereocenters. The molecule has 0 bridgehead atoms. The summed E-state index contributed by atoms with van der Waals surface area (Å²) in [4.78, 5) is 0. The lowest BCUT2D eigenvalue weighted by Gasteiger charge is -2.23. The van der Waals surface area contributed by atoms with Gasteiger partial charge in [0.25, 0.3) is 0 Å². The molecular weight excluding hydrogens is 152 g/mol. The third kappa shape index (κ3) is 2.04. The van der Waals surface area contributed by atoms with Crippen LogP contribution in [-0.2, 0) is 19.7 Å². The molecule has 0 aromatic carbocycles. The van der Waals surface area contributed by atoms with E-state index in [1.165, 1.54) is 0 Å². The average molecular weight is 164 g/mol. The van der Waals surface area contributed by atoms with Gasteiger partial charge in [0.05, 0.1) is 12.7 Å². The van der Waals surface area contributed by atoms with E-state index in [0.29, 0.717) is 12.5 Å². The molecule has 1 aliphatic heterocycles. The van der Waals surface area contributed by atoms with Crippen LogP contribution in [0.5, 0.6) is 0 Å². The van der Waals surface area contributed by atoms with Crippen molar-refractivity contribution in [1.82, 2.24) is 0 Å². The summed E-state index contributed by atoms with van der Waals surface area (Å²) in [5, 5.41) is 0. The smallest absolute Gasteiger partial charge is 0.268 e. The third-order valence-corrected chi connectivity index (χ3v) is 2.29. The number of hydrogen-bond donors (Lipinski definition) is 0. The fourth-order valence-corrected chi connectivity index (χ4v) is 1.66. The van der Waals surface area contributed by atoms with Crippen LogP contribution in [0.3, 0.4) is 0 Å². The maximum atomic E-state index is 10.6. The van der Waals surface area contributed by atoms with E-state index in [4.69, 9.17) is 8.37 Å². The Morgan fingerprint density at radius 2 is 2.30 bits per heavy atom. The Labute approximate surface area is 63.6 Å². The van der Waals surface area contributed by atoms with Crippen LogP contribution in [-0.4, -0.2) is 16.9 Å². The van der Waals surface area contributed by atoms with Crippen LogP contribution in [0.1, 0.15) is 20.3 Å². The second-order valence-electron chi connectivity index (χ2n) is 2.69. The van der Waals surface area contributed by atoms with E-state index in [1.54, 1.807) is 0 Å². The summed E-state index contributed by atoms with van der Waals surface area (Å²) >= 11 is -1.49. The predicted octanol–water partition coefficient (Wildman–Crippen LogP) is 1.03. The highest BCUT2D eigenvalue weighted by Gasteiger charge is 2.22. The molecule has 0 radical (unpaired) electrons. The summed E-state index contributed by atoms with van der Waals surface area (Å²) in [6.45, 7) is 4.65. The SMILES string of the molecule is CC(C)[C@@H]1CCO[S@](=O)O1. The van der Waals surface area contributed by atoms with Crippen LogP contribution >= 0.6 is 0 Å². The van der Waals surface area contributed by atoms with Crippen molar-refractivity contribution in [3.8, 4) is 0 Å². The molecule has 1 rings (SSSR count). The Hall–Kier alpha value is 0.0700. The van der Waals surface area contributed by atoms with Crippen molar-refractivity contribution < 1.29 is 12.6 Å². The van der Waals surface area contributed by atoms with Crippen LogP contribution in [0, 0.1) is 5.92 Å². The lowest BCUT2D eigenvalue weighted by molar-refractivity contribution is 0.0803. The van der Waals surface area contributed by atoms with Gasteiger partial charge in [-0.1, -0.05) is 13.8 Å². The van der Waals surface area contributed by atoms with Gasteiger partial charge in [-0.15, -0.1) is 0 Å². The van der Waals surface area contributed by atoms with Crippen LogP contribution in [0.15, 0.2) is 0 Å². The summed E-state index contributed by atoms with van der Waals surface area (Å²) in [6.07, 6.45) is 0.957. The molecule has 0 spiro atoms. The Balaban J connectivity index is 2.39. The Kier molecular flexibility index (Phi) is 2.82. The summed E-state index contributed by atoms with van der Waals surface area (Å²) in [6, 6.07) is 0. The van der Waals surface area contributed by atoms with Gasteiger partial charge in [-0.2, -0.15) is 4.21 Å². The quantitative estimate of drug-likeness (QED) is 0.580. The van der Waals surface area contributed by atoms with Crippen molar-refractivity contribution >= 4 is 11.4 Å². The third-order valence-electron chi connectivity index (χ3n) is 1.53. The van der Waals surface area contributed by atoms with Crippen molar-refractivity contribution in [2.75, 3.05) is 6.61 Å². The van der Waals surface area contributed by atoms with Gasteiger partial charge in [0.2, 0.25) is 0 Å². The van der Waals surface area contributed by atoms with Crippen molar-refractivity contribution in [2.24, 2.45) is 5.92 Å². The predicted molar refractivity (Wildman–Crippen MR) is 38.4 cm³/mol. The fraction of sp³-hybridized carbons (Fsp3) is 1.00. The molecule has 0 aliphatic carbocycles. The van der Waals surface area contributed by atoms with E-state index in [9.17, 15) is 4.21 Å². The summed E-state index contributed by atoms with van der Waals surface area (Å²) < 4.78 is 20.4. The number of rotatable bonds is 1. The molecule has 0 saturated carbocycles. The van der Waals surface area contributed by atoms with Gasteiger partial charge in [0.1, 0.15) is 0 Å². The molecule has 0 aromatic rings. The zero-order valence-electron chi connectivity index (χ0n) is 6.20. The molecule has 1 saturated heterocycles. The zero-order chi connectivity index (χ0) is 7.56. The lowest BCUT2D eigenvalue weighted by Crippen LogP contribution is -2.28. The Morgan fingerprint density at radius 3 is 2.70 bits per heavy atom. The Bertz CT molecular complexity index is 135. The highest BCUT2D eigenvalue weighted by atomic mass is 32.2. The van der Waals surface area contributed by atoms with Crippen LogP contribution in [0.25, 0.3) is 0 Å². The number of hydrogen-bond acceptors (Lipinski definition) is 3. The molecule has 0 aromatic heterocycles. The van der Waals surface area contributed by atoms with Crippen LogP contribution < -0.4 is 0 Å². The minimum absolute atomic E-state index is 0.106. The first-order valence-electron chi connectivity index (χ1n) is 3.42. The van der Waals surface area contributed by atoms with Crippen molar-refractivity contribution in [2.45, 2.75) is 26.4 Å². The molecule has 1 aliphatic rings.